The fraction of sp³-hybridized carbons (Fsp3) is 1.00. The van der Waals surface area contributed by atoms with Crippen molar-refractivity contribution in [3.63, 3.8) is 0 Å². The molecular formula is C14H36O2Si3. The van der Waals surface area contributed by atoms with E-state index in [9.17, 15) is 0 Å². The Morgan fingerprint density at radius 2 is 1.58 bits per heavy atom. The van der Waals surface area contributed by atoms with Crippen molar-refractivity contribution in [3.8, 4) is 0 Å². The molecule has 116 valence electrons. The maximum atomic E-state index is 6.69. The summed E-state index contributed by atoms with van der Waals surface area (Å²) in [5.74, 6) is 0. The average molecular weight is 321 g/mol. The molecule has 0 saturated heterocycles. The van der Waals surface area contributed by atoms with Crippen LogP contribution in [0.5, 0.6) is 0 Å². The summed E-state index contributed by atoms with van der Waals surface area (Å²) in [6.45, 7) is 20.8. The van der Waals surface area contributed by atoms with Crippen molar-refractivity contribution in [1.82, 2.24) is 0 Å². The van der Waals surface area contributed by atoms with Gasteiger partial charge in [-0.2, -0.15) is 0 Å². The van der Waals surface area contributed by atoms with Crippen LogP contribution in [0.2, 0.25) is 45.3 Å². The molecule has 0 aromatic rings. The summed E-state index contributed by atoms with van der Waals surface area (Å²) in [5.41, 5.74) is 0. The molecule has 19 heavy (non-hydrogen) atoms. The Balaban J connectivity index is 4.98. The second kappa shape index (κ2) is 7.54. The van der Waals surface area contributed by atoms with Gasteiger partial charge >= 0.3 is 0 Å². The van der Waals surface area contributed by atoms with Crippen LogP contribution < -0.4 is 0 Å². The van der Waals surface area contributed by atoms with Gasteiger partial charge in [-0.15, -0.1) is 0 Å². The zero-order valence-electron chi connectivity index (χ0n) is 14.7. The molecule has 0 heterocycles. The van der Waals surface area contributed by atoms with Crippen LogP contribution in [0.3, 0.4) is 0 Å². The zero-order chi connectivity index (χ0) is 15.3. The summed E-state index contributed by atoms with van der Waals surface area (Å²) >= 11 is 0. The Kier molecular flexibility index (Phi) is 7.77. The quantitative estimate of drug-likeness (QED) is 0.579. The van der Waals surface area contributed by atoms with Crippen molar-refractivity contribution in [2.45, 2.75) is 84.2 Å². The van der Waals surface area contributed by atoms with Gasteiger partial charge in [0.05, 0.1) is 14.0 Å². The van der Waals surface area contributed by atoms with Gasteiger partial charge in [0.15, 0.2) is 8.32 Å². The lowest BCUT2D eigenvalue weighted by Crippen LogP contribution is -2.61. The van der Waals surface area contributed by atoms with Crippen LogP contribution in [0, 0.1) is 0 Å². The van der Waals surface area contributed by atoms with Gasteiger partial charge in [-0.3, -0.25) is 0 Å². The fourth-order valence-electron chi connectivity index (χ4n) is 2.19. The van der Waals surface area contributed by atoms with E-state index in [1.807, 2.05) is 0 Å². The highest BCUT2D eigenvalue weighted by molar-refractivity contribution is 6.86. The minimum Gasteiger partial charge on any atom is -0.454 e. The van der Waals surface area contributed by atoms with Crippen molar-refractivity contribution in [3.05, 3.63) is 0 Å². The Morgan fingerprint density at radius 3 is 1.95 bits per heavy atom. The van der Waals surface area contributed by atoms with Crippen molar-refractivity contribution < 1.29 is 8.85 Å². The van der Waals surface area contributed by atoms with E-state index in [1.54, 1.807) is 0 Å². The highest BCUT2D eigenvalue weighted by Crippen LogP contribution is 2.33. The molecule has 0 aliphatic carbocycles. The molecule has 0 N–H and O–H groups in total. The highest BCUT2D eigenvalue weighted by atomic mass is 28.4. The first kappa shape index (κ1) is 19.6. The van der Waals surface area contributed by atoms with Crippen molar-refractivity contribution in [2.24, 2.45) is 0 Å². The predicted molar refractivity (Wildman–Crippen MR) is 94.7 cm³/mol. The smallest absolute Gasteiger partial charge is 0.208 e. The Bertz CT molecular complexity index is 262. The summed E-state index contributed by atoms with van der Waals surface area (Å²) in [7, 11) is -4.02. The minimum absolute atomic E-state index is 0.0697. The molecule has 2 nitrogen and oxygen atoms in total. The normalized spacial score (nSPS) is 16.7. The second-order valence-corrected chi connectivity index (χ2v) is 20.1. The summed E-state index contributed by atoms with van der Waals surface area (Å²) in [6.07, 6.45) is 3.47. The largest absolute Gasteiger partial charge is 0.454 e. The Morgan fingerprint density at radius 1 is 1.05 bits per heavy atom. The van der Waals surface area contributed by atoms with Crippen LogP contribution in [0.1, 0.15) is 33.6 Å². The van der Waals surface area contributed by atoms with Crippen LogP contribution in [-0.4, -0.2) is 36.9 Å². The molecule has 0 saturated carbocycles. The molecule has 0 aliphatic rings. The average Bonchev–Trinajstić information content (AvgIpc) is 2.21. The van der Waals surface area contributed by atoms with Gasteiger partial charge < -0.3 is 8.85 Å². The number of hydrogen-bond donors (Lipinski definition) is 0. The fourth-order valence-corrected chi connectivity index (χ4v) is 11.9. The van der Waals surface area contributed by atoms with Gasteiger partial charge in [0.25, 0.3) is 0 Å². The summed E-state index contributed by atoms with van der Waals surface area (Å²) in [6, 6.07) is 1.22. The first-order valence-electron chi connectivity index (χ1n) is 7.77. The number of unbranched alkanes of at least 4 members (excludes halogenated alkanes) is 1. The Labute approximate surface area is 125 Å². The summed E-state index contributed by atoms with van der Waals surface area (Å²) in [4.78, 5) is 0. The van der Waals surface area contributed by atoms with Crippen LogP contribution in [0.15, 0.2) is 0 Å². The van der Waals surface area contributed by atoms with E-state index >= 15 is 0 Å². The topological polar surface area (TPSA) is 18.5 Å². The third kappa shape index (κ3) is 7.22. The standard InChI is InChI=1S/C14H36O2Si3/c1-10-11-12-19(9,16-18(6,7)8)14(2,3)15-13-17(4)5/h17H,10-13H2,1-9H3. The molecule has 0 aliphatic heterocycles. The molecule has 0 spiro atoms. The van der Waals surface area contributed by atoms with Gasteiger partial charge in [0.1, 0.15) is 0 Å². The van der Waals surface area contributed by atoms with Gasteiger partial charge in [-0.1, -0.05) is 32.9 Å². The molecule has 0 bridgehead atoms. The molecule has 1 atom stereocenters. The number of hydrogen-bond acceptors (Lipinski definition) is 2. The van der Waals surface area contributed by atoms with Crippen LogP contribution in [0.4, 0.5) is 0 Å². The monoisotopic (exact) mass is 320 g/mol. The van der Waals surface area contributed by atoms with E-state index in [0.717, 1.165) is 6.23 Å². The van der Waals surface area contributed by atoms with Gasteiger partial charge in [-0.05, 0) is 46.1 Å². The van der Waals surface area contributed by atoms with Crippen molar-refractivity contribution >= 4 is 25.4 Å². The molecule has 0 aromatic heterocycles. The van der Waals surface area contributed by atoms with E-state index in [1.165, 1.54) is 18.9 Å². The maximum Gasteiger partial charge on any atom is 0.208 e. The molecule has 0 rings (SSSR count). The minimum atomic E-state index is -1.84. The lowest BCUT2D eigenvalue weighted by molar-refractivity contribution is 0.0544. The van der Waals surface area contributed by atoms with Crippen LogP contribution in [0.25, 0.3) is 0 Å². The van der Waals surface area contributed by atoms with Crippen LogP contribution >= 0.6 is 0 Å². The molecule has 0 radical (unpaired) electrons. The van der Waals surface area contributed by atoms with E-state index in [2.05, 4.69) is 60.1 Å². The third-order valence-electron chi connectivity index (χ3n) is 3.59. The second-order valence-electron chi connectivity index (χ2n) is 7.76. The zero-order valence-corrected chi connectivity index (χ0v) is 17.9. The molecule has 1 unspecified atom stereocenters. The maximum absolute atomic E-state index is 6.69. The molecular weight excluding hydrogens is 284 g/mol. The van der Waals surface area contributed by atoms with E-state index in [-0.39, 0.29) is 5.22 Å². The Hall–Kier alpha value is 0.571. The van der Waals surface area contributed by atoms with Gasteiger partial charge in [0, 0.05) is 6.23 Å². The lowest BCUT2D eigenvalue weighted by Gasteiger charge is -2.45. The number of rotatable bonds is 9. The van der Waals surface area contributed by atoms with Crippen molar-refractivity contribution in [1.29, 1.82) is 0 Å². The lowest BCUT2D eigenvalue weighted by atomic mass is 10.4. The van der Waals surface area contributed by atoms with Gasteiger partial charge in [-0.25, -0.2) is 0 Å². The van der Waals surface area contributed by atoms with Gasteiger partial charge in [0.2, 0.25) is 8.32 Å². The van der Waals surface area contributed by atoms with E-state index in [4.69, 9.17) is 8.85 Å². The highest BCUT2D eigenvalue weighted by Gasteiger charge is 2.48. The first-order valence-corrected chi connectivity index (χ1v) is 16.9. The van der Waals surface area contributed by atoms with E-state index < -0.39 is 25.4 Å². The van der Waals surface area contributed by atoms with E-state index in [0.29, 0.717) is 0 Å². The predicted octanol–water partition coefficient (Wildman–Crippen LogP) is 4.57. The van der Waals surface area contributed by atoms with Crippen LogP contribution in [-0.2, 0) is 8.85 Å². The third-order valence-corrected chi connectivity index (χ3v) is 12.7. The SMILES string of the molecule is CCCC[Si](C)(O[Si](C)(C)C)C(C)(C)OC[SiH](C)C. The molecule has 0 fully saturated rings. The molecule has 0 amide bonds. The van der Waals surface area contributed by atoms with Crippen molar-refractivity contribution in [2.75, 3.05) is 6.23 Å². The molecule has 5 heteroatoms. The summed E-state index contributed by atoms with van der Waals surface area (Å²) in [5, 5.41) is -0.0697. The first-order chi connectivity index (χ1) is 8.43. The molecule has 0 aromatic carbocycles. The summed E-state index contributed by atoms with van der Waals surface area (Å²) < 4.78 is 13.0. The number of ether oxygens (including phenoxy) is 1.